The minimum Gasteiger partial charge on any atom is -0.368 e. The van der Waals surface area contributed by atoms with Crippen LogP contribution in [0.25, 0.3) is 11.0 Å². The minimum atomic E-state index is 0.0249. The Bertz CT molecular complexity index is 1080. The highest BCUT2D eigenvalue weighted by molar-refractivity contribution is 7.51. The van der Waals surface area contributed by atoms with E-state index in [1.165, 1.54) is 0 Å². The highest BCUT2D eigenvalue weighted by Crippen LogP contribution is 2.44. The van der Waals surface area contributed by atoms with E-state index in [1.807, 2.05) is 41.7 Å². The maximum absolute atomic E-state index is 12.9. The molecular formula is C21H25N6OP. The van der Waals surface area contributed by atoms with Crippen molar-refractivity contribution in [2.24, 2.45) is 0 Å². The zero-order valence-corrected chi connectivity index (χ0v) is 17.9. The summed E-state index contributed by atoms with van der Waals surface area (Å²) in [6.45, 7) is 9.03. The number of amides is 1. The minimum absolute atomic E-state index is 0.0249. The van der Waals surface area contributed by atoms with E-state index in [2.05, 4.69) is 34.3 Å². The zero-order valence-electron chi connectivity index (χ0n) is 16.9. The third-order valence-corrected chi connectivity index (χ3v) is 7.06. The second kappa shape index (κ2) is 7.08. The Morgan fingerprint density at radius 1 is 1.24 bits per heavy atom. The normalized spacial score (nSPS) is 25.4. The fourth-order valence-corrected chi connectivity index (χ4v) is 5.53. The molecule has 1 fully saturated rings. The van der Waals surface area contributed by atoms with Gasteiger partial charge in [-0.1, -0.05) is 14.7 Å². The summed E-state index contributed by atoms with van der Waals surface area (Å²) in [5.41, 5.74) is 4.69. The Labute approximate surface area is 172 Å². The number of nitrogens with one attached hydrogen (secondary N) is 1. The standard InChI is InChI=1S/C21H25N6OP/c1-13-9-25(7-6-22-13)16-4-5-20-27(11-16)19(28)8-18(29-20)17-12-26-10-14(2)23-15(3)21(26)24-17/h4-5,8,10-13,20,22,29H,6-7,9H2,1-3H3/t13-,20?/m0/s1. The van der Waals surface area contributed by atoms with Gasteiger partial charge in [-0.25, -0.2) is 4.98 Å². The molecule has 5 rings (SSSR count). The van der Waals surface area contributed by atoms with Crippen molar-refractivity contribution in [2.75, 3.05) is 19.6 Å². The lowest BCUT2D eigenvalue weighted by Gasteiger charge is -2.39. The molecule has 0 bridgehead atoms. The number of aryl methyl sites for hydroxylation is 2. The quantitative estimate of drug-likeness (QED) is 0.772. The van der Waals surface area contributed by atoms with Crippen molar-refractivity contribution >= 4 is 25.4 Å². The Morgan fingerprint density at radius 2 is 2.10 bits per heavy atom. The maximum Gasteiger partial charge on any atom is 0.252 e. The predicted molar refractivity (Wildman–Crippen MR) is 116 cm³/mol. The molecule has 29 heavy (non-hydrogen) atoms. The van der Waals surface area contributed by atoms with E-state index in [1.54, 1.807) is 6.08 Å². The van der Waals surface area contributed by atoms with Gasteiger partial charge in [0.15, 0.2) is 5.65 Å². The summed E-state index contributed by atoms with van der Waals surface area (Å²) in [6.07, 6.45) is 12.1. The molecule has 2 aromatic rings. The lowest BCUT2D eigenvalue weighted by atomic mass is 10.2. The van der Waals surface area contributed by atoms with Crippen LogP contribution >= 0.6 is 8.58 Å². The van der Waals surface area contributed by atoms with Gasteiger partial charge in [0.05, 0.1) is 28.6 Å². The average molecular weight is 408 g/mol. The number of nitrogens with zero attached hydrogens (tertiary/aromatic N) is 5. The molecule has 3 aliphatic rings. The number of fused-ring (bicyclic) bond motifs is 2. The summed E-state index contributed by atoms with van der Waals surface area (Å²) < 4.78 is 2.01. The first-order chi connectivity index (χ1) is 14.0. The van der Waals surface area contributed by atoms with Crippen molar-refractivity contribution in [3.8, 4) is 0 Å². The van der Waals surface area contributed by atoms with E-state index in [4.69, 9.17) is 4.98 Å². The largest absolute Gasteiger partial charge is 0.368 e. The van der Waals surface area contributed by atoms with E-state index in [0.29, 0.717) is 14.6 Å². The first-order valence-corrected chi connectivity index (χ1v) is 11.1. The maximum atomic E-state index is 12.9. The highest BCUT2D eigenvalue weighted by Gasteiger charge is 2.31. The number of rotatable bonds is 2. The number of carbonyl (C=O) groups is 1. The van der Waals surface area contributed by atoms with Gasteiger partial charge in [-0.3, -0.25) is 9.78 Å². The highest BCUT2D eigenvalue weighted by atomic mass is 31.1. The van der Waals surface area contributed by atoms with Crippen molar-refractivity contribution in [2.45, 2.75) is 32.6 Å². The van der Waals surface area contributed by atoms with Crippen molar-refractivity contribution in [3.63, 3.8) is 0 Å². The van der Waals surface area contributed by atoms with Crippen LogP contribution in [0.1, 0.15) is 24.0 Å². The molecule has 2 unspecified atom stereocenters. The monoisotopic (exact) mass is 408 g/mol. The number of piperazine rings is 1. The van der Waals surface area contributed by atoms with E-state index in [9.17, 15) is 4.79 Å². The van der Waals surface area contributed by atoms with Gasteiger partial charge in [-0.05, 0) is 26.8 Å². The van der Waals surface area contributed by atoms with Gasteiger partial charge >= 0.3 is 0 Å². The third-order valence-electron chi connectivity index (χ3n) is 5.58. The molecule has 0 spiro atoms. The number of hydrogen-bond acceptors (Lipinski definition) is 5. The summed E-state index contributed by atoms with van der Waals surface area (Å²) in [4.78, 5) is 26.4. The summed E-state index contributed by atoms with van der Waals surface area (Å²) in [6, 6.07) is 0.456. The fraction of sp³-hybridized carbons (Fsp3) is 0.381. The summed E-state index contributed by atoms with van der Waals surface area (Å²) in [5, 5.41) is 4.47. The van der Waals surface area contributed by atoms with Crippen LogP contribution in [0.2, 0.25) is 0 Å². The summed E-state index contributed by atoms with van der Waals surface area (Å²) in [5.74, 6) is 0.0919. The van der Waals surface area contributed by atoms with Gasteiger partial charge in [-0.2, -0.15) is 0 Å². The molecule has 0 radical (unpaired) electrons. The third kappa shape index (κ3) is 3.38. The topological polar surface area (TPSA) is 65.8 Å². The van der Waals surface area contributed by atoms with Crippen LogP contribution in [0.5, 0.6) is 0 Å². The second-order valence-corrected chi connectivity index (χ2v) is 9.35. The van der Waals surface area contributed by atoms with E-state index < -0.39 is 0 Å². The van der Waals surface area contributed by atoms with Gasteiger partial charge in [0.1, 0.15) is 0 Å². The van der Waals surface area contributed by atoms with Crippen LogP contribution in [-0.4, -0.2) is 61.5 Å². The molecule has 1 amide bonds. The van der Waals surface area contributed by atoms with E-state index in [0.717, 1.165) is 53.4 Å². The number of allylic oxidation sites excluding steroid dienone is 1. The molecule has 1 saturated heterocycles. The van der Waals surface area contributed by atoms with Crippen LogP contribution in [0.3, 0.4) is 0 Å². The molecule has 150 valence electrons. The van der Waals surface area contributed by atoms with Gasteiger partial charge in [0.25, 0.3) is 5.91 Å². The van der Waals surface area contributed by atoms with Crippen LogP contribution in [0, 0.1) is 13.8 Å². The molecular weight excluding hydrogens is 383 g/mol. The van der Waals surface area contributed by atoms with Gasteiger partial charge < -0.3 is 19.5 Å². The molecule has 7 nitrogen and oxygen atoms in total. The zero-order chi connectivity index (χ0) is 20.1. The molecule has 0 aliphatic carbocycles. The number of carbonyl (C=O) groups excluding carboxylic acids is 1. The van der Waals surface area contributed by atoms with Crippen molar-refractivity contribution in [1.29, 1.82) is 0 Å². The molecule has 2 aromatic heterocycles. The van der Waals surface area contributed by atoms with Gasteiger partial charge in [0, 0.05) is 55.7 Å². The molecule has 3 atom stereocenters. The Balaban J connectivity index is 1.43. The van der Waals surface area contributed by atoms with Crippen molar-refractivity contribution < 1.29 is 4.79 Å². The molecule has 8 heteroatoms. The van der Waals surface area contributed by atoms with Gasteiger partial charge in [0.2, 0.25) is 0 Å². The predicted octanol–water partition coefficient (Wildman–Crippen LogP) is 2.24. The van der Waals surface area contributed by atoms with Crippen LogP contribution in [0.15, 0.2) is 42.5 Å². The smallest absolute Gasteiger partial charge is 0.252 e. The van der Waals surface area contributed by atoms with Gasteiger partial charge in [-0.15, -0.1) is 0 Å². The Morgan fingerprint density at radius 3 is 2.93 bits per heavy atom. The fourth-order valence-electron chi connectivity index (χ4n) is 4.20. The molecule has 3 aliphatic heterocycles. The number of aromatic nitrogens is 3. The lowest BCUT2D eigenvalue weighted by molar-refractivity contribution is -0.123. The SMILES string of the molecule is Cc1cn2cc(C3=CC(=O)N4C=C(N5CCN[C@@H](C)C5)C=CC4P3)nc2c(C)n1. The van der Waals surface area contributed by atoms with Crippen LogP contribution in [0.4, 0.5) is 0 Å². The summed E-state index contributed by atoms with van der Waals surface area (Å²) >= 11 is 0. The average Bonchev–Trinajstić information content (AvgIpc) is 3.12. The van der Waals surface area contributed by atoms with E-state index in [-0.39, 0.29) is 11.7 Å². The Kier molecular flexibility index (Phi) is 4.52. The van der Waals surface area contributed by atoms with Crippen LogP contribution in [-0.2, 0) is 4.79 Å². The first-order valence-electron chi connectivity index (χ1n) is 10.00. The number of imidazole rings is 1. The molecule has 5 heterocycles. The second-order valence-electron chi connectivity index (χ2n) is 7.93. The molecule has 0 saturated carbocycles. The molecule has 0 aromatic carbocycles. The lowest BCUT2D eigenvalue weighted by Crippen LogP contribution is -2.49. The number of hydrogen-bond donors (Lipinski definition) is 1. The van der Waals surface area contributed by atoms with Crippen LogP contribution < -0.4 is 5.32 Å². The first kappa shape index (κ1) is 18.5. The summed E-state index contributed by atoms with van der Waals surface area (Å²) in [7, 11) is 0.466. The van der Waals surface area contributed by atoms with E-state index >= 15 is 0 Å². The van der Waals surface area contributed by atoms with Crippen molar-refractivity contribution in [3.05, 3.63) is 59.6 Å². The Hall–Kier alpha value is -2.50. The molecule has 1 N–H and O–H groups in total. The van der Waals surface area contributed by atoms with Crippen molar-refractivity contribution in [1.82, 2.24) is 29.5 Å².